The molecule has 0 unspecified atom stereocenters. The molecule has 1 fully saturated rings. The Morgan fingerprint density at radius 3 is 3.00 bits per heavy atom. The third-order valence-corrected chi connectivity index (χ3v) is 6.18. The van der Waals surface area contributed by atoms with Gasteiger partial charge in [0.2, 0.25) is 5.88 Å². The Balaban J connectivity index is 1.34. The largest absolute Gasteiger partial charge is 0.477 e. The molecule has 3 aromatic rings. The van der Waals surface area contributed by atoms with Crippen molar-refractivity contribution in [3.05, 3.63) is 36.9 Å². The van der Waals surface area contributed by atoms with Crippen LogP contribution in [0.5, 0.6) is 5.88 Å². The summed E-state index contributed by atoms with van der Waals surface area (Å²) in [4.78, 5) is 19.7. The Morgan fingerprint density at radius 2 is 2.15 bits per heavy atom. The van der Waals surface area contributed by atoms with Crippen molar-refractivity contribution in [1.82, 2.24) is 19.9 Å². The number of anilines is 1. The summed E-state index contributed by atoms with van der Waals surface area (Å²) in [6, 6.07) is 6.65. The van der Waals surface area contributed by atoms with Gasteiger partial charge in [-0.25, -0.2) is 15.0 Å². The summed E-state index contributed by atoms with van der Waals surface area (Å²) in [5, 5.41) is 1.09. The standard InChI is InChI=1S/C19H23N5OS/c1-3-25-19-16(5-4-7-21-19)26-11-13-9-14(10-13)24(2)18-15-6-8-20-17(15)22-12-23-18/h4-8,12-14H,3,9-11H2,1-2H3,(H,20,22,23). The van der Waals surface area contributed by atoms with Gasteiger partial charge in [0.05, 0.1) is 16.9 Å². The molecule has 0 radical (unpaired) electrons. The highest BCUT2D eigenvalue weighted by Crippen LogP contribution is 2.39. The van der Waals surface area contributed by atoms with Gasteiger partial charge in [-0.3, -0.25) is 0 Å². The number of aromatic nitrogens is 4. The highest BCUT2D eigenvalue weighted by Gasteiger charge is 2.33. The van der Waals surface area contributed by atoms with E-state index in [0.717, 1.165) is 33.4 Å². The van der Waals surface area contributed by atoms with E-state index in [2.05, 4.69) is 37.9 Å². The molecule has 1 aliphatic carbocycles. The van der Waals surface area contributed by atoms with Crippen LogP contribution in [0.2, 0.25) is 0 Å². The van der Waals surface area contributed by atoms with E-state index in [0.29, 0.717) is 18.6 Å². The zero-order valence-corrected chi connectivity index (χ0v) is 15.9. The molecule has 136 valence electrons. The SMILES string of the molecule is CCOc1ncccc1SCC1CC(N(C)c2ncnc3[nH]ccc23)C1. The van der Waals surface area contributed by atoms with Crippen LogP contribution < -0.4 is 9.64 Å². The lowest BCUT2D eigenvalue weighted by atomic mass is 9.81. The molecule has 0 spiro atoms. The van der Waals surface area contributed by atoms with E-state index in [1.807, 2.05) is 37.0 Å². The number of H-pyrrole nitrogens is 1. The van der Waals surface area contributed by atoms with Crippen molar-refractivity contribution in [2.75, 3.05) is 24.3 Å². The van der Waals surface area contributed by atoms with E-state index in [1.165, 1.54) is 12.8 Å². The van der Waals surface area contributed by atoms with Crippen LogP contribution in [0.4, 0.5) is 5.82 Å². The lowest BCUT2D eigenvalue weighted by Gasteiger charge is -2.41. The van der Waals surface area contributed by atoms with Gasteiger partial charge in [-0.1, -0.05) is 0 Å². The van der Waals surface area contributed by atoms with Gasteiger partial charge in [0.1, 0.15) is 17.8 Å². The van der Waals surface area contributed by atoms with Crippen LogP contribution in [0.3, 0.4) is 0 Å². The molecule has 7 heteroatoms. The molecule has 3 aromatic heterocycles. The smallest absolute Gasteiger partial charge is 0.227 e. The van der Waals surface area contributed by atoms with Crippen molar-refractivity contribution in [3.63, 3.8) is 0 Å². The Morgan fingerprint density at radius 1 is 1.27 bits per heavy atom. The number of nitrogens with zero attached hydrogens (tertiary/aromatic N) is 4. The topological polar surface area (TPSA) is 66.9 Å². The number of hydrogen-bond acceptors (Lipinski definition) is 6. The van der Waals surface area contributed by atoms with Crippen molar-refractivity contribution in [3.8, 4) is 5.88 Å². The molecular weight excluding hydrogens is 346 g/mol. The van der Waals surface area contributed by atoms with Crippen molar-refractivity contribution in [1.29, 1.82) is 0 Å². The van der Waals surface area contributed by atoms with Gasteiger partial charge in [-0.2, -0.15) is 0 Å². The Labute approximate surface area is 157 Å². The number of aromatic amines is 1. The molecule has 1 N–H and O–H groups in total. The second-order valence-electron chi connectivity index (χ2n) is 6.59. The third kappa shape index (κ3) is 3.35. The first-order valence-corrected chi connectivity index (χ1v) is 9.96. The van der Waals surface area contributed by atoms with Gasteiger partial charge in [-0.15, -0.1) is 11.8 Å². The van der Waals surface area contributed by atoms with Gasteiger partial charge in [0.25, 0.3) is 0 Å². The molecule has 3 heterocycles. The second kappa shape index (κ2) is 7.53. The summed E-state index contributed by atoms with van der Waals surface area (Å²) < 4.78 is 5.61. The normalized spacial score (nSPS) is 19.3. The van der Waals surface area contributed by atoms with E-state index < -0.39 is 0 Å². The number of thioether (sulfide) groups is 1. The predicted molar refractivity (Wildman–Crippen MR) is 105 cm³/mol. The fourth-order valence-corrected chi connectivity index (χ4v) is 4.50. The summed E-state index contributed by atoms with van der Waals surface area (Å²) in [7, 11) is 2.14. The zero-order valence-electron chi connectivity index (χ0n) is 15.1. The van der Waals surface area contributed by atoms with Crippen LogP contribution >= 0.6 is 11.8 Å². The fourth-order valence-electron chi connectivity index (χ4n) is 3.40. The van der Waals surface area contributed by atoms with Crippen LogP contribution in [-0.2, 0) is 0 Å². The first kappa shape index (κ1) is 17.1. The van der Waals surface area contributed by atoms with E-state index in [9.17, 15) is 0 Å². The van der Waals surface area contributed by atoms with Crippen LogP contribution in [0.1, 0.15) is 19.8 Å². The summed E-state index contributed by atoms with van der Waals surface area (Å²) in [6.45, 7) is 2.64. The first-order valence-electron chi connectivity index (χ1n) is 8.97. The highest BCUT2D eigenvalue weighted by molar-refractivity contribution is 7.99. The number of hydrogen-bond donors (Lipinski definition) is 1. The minimum absolute atomic E-state index is 0.536. The van der Waals surface area contributed by atoms with E-state index in [-0.39, 0.29) is 0 Å². The number of pyridine rings is 1. The molecule has 4 rings (SSSR count). The van der Waals surface area contributed by atoms with Crippen molar-refractivity contribution in [2.24, 2.45) is 5.92 Å². The third-order valence-electron chi connectivity index (χ3n) is 4.92. The molecule has 0 saturated heterocycles. The number of nitrogens with one attached hydrogen (secondary N) is 1. The summed E-state index contributed by atoms with van der Waals surface area (Å²) in [5.74, 6) is 3.58. The average molecular weight is 369 g/mol. The predicted octanol–water partition coefficient (Wildman–Crippen LogP) is 3.76. The second-order valence-corrected chi connectivity index (χ2v) is 7.65. The van der Waals surface area contributed by atoms with Crippen molar-refractivity contribution < 1.29 is 4.74 Å². The van der Waals surface area contributed by atoms with E-state index in [1.54, 1.807) is 12.5 Å². The molecule has 0 bridgehead atoms. The molecule has 26 heavy (non-hydrogen) atoms. The zero-order chi connectivity index (χ0) is 17.9. The van der Waals surface area contributed by atoms with Crippen LogP contribution in [-0.4, -0.2) is 45.4 Å². The summed E-state index contributed by atoms with van der Waals surface area (Å²) in [6.07, 6.45) is 7.70. The Kier molecular flexibility index (Phi) is 4.97. The quantitative estimate of drug-likeness (QED) is 0.640. The van der Waals surface area contributed by atoms with E-state index in [4.69, 9.17) is 4.74 Å². The van der Waals surface area contributed by atoms with Crippen LogP contribution in [0.25, 0.3) is 11.0 Å². The minimum Gasteiger partial charge on any atom is -0.477 e. The first-order chi connectivity index (χ1) is 12.8. The molecule has 0 aliphatic heterocycles. The van der Waals surface area contributed by atoms with Gasteiger partial charge < -0.3 is 14.6 Å². The van der Waals surface area contributed by atoms with Gasteiger partial charge >= 0.3 is 0 Å². The Bertz CT molecular complexity index is 877. The number of ether oxygens (including phenoxy) is 1. The van der Waals surface area contributed by atoms with Crippen LogP contribution in [0.15, 0.2) is 41.8 Å². The number of rotatable bonds is 7. The summed E-state index contributed by atoms with van der Waals surface area (Å²) in [5.41, 5.74) is 0.897. The van der Waals surface area contributed by atoms with Crippen LogP contribution in [0, 0.1) is 5.92 Å². The van der Waals surface area contributed by atoms with Crippen molar-refractivity contribution >= 4 is 28.6 Å². The van der Waals surface area contributed by atoms with E-state index >= 15 is 0 Å². The average Bonchev–Trinajstić information content (AvgIpc) is 3.10. The molecule has 6 nitrogen and oxygen atoms in total. The molecule has 0 atom stereocenters. The molecule has 1 aliphatic rings. The van der Waals surface area contributed by atoms with Gasteiger partial charge in [0, 0.05) is 31.2 Å². The van der Waals surface area contributed by atoms with Gasteiger partial charge in [-0.05, 0) is 43.9 Å². The molecule has 0 aromatic carbocycles. The maximum absolute atomic E-state index is 5.61. The molecule has 0 amide bonds. The molecular formula is C19H23N5OS. The number of fused-ring (bicyclic) bond motifs is 1. The summed E-state index contributed by atoms with van der Waals surface area (Å²) >= 11 is 1.85. The monoisotopic (exact) mass is 369 g/mol. The lowest BCUT2D eigenvalue weighted by Crippen LogP contribution is -2.43. The Hall–Kier alpha value is -2.28. The minimum atomic E-state index is 0.536. The fraction of sp³-hybridized carbons (Fsp3) is 0.421. The van der Waals surface area contributed by atoms with Gasteiger partial charge in [0.15, 0.2) is 0 Å². The van der Waals surface area contributed by atoms with Crippen molar-refractivity contribution in [2.45, 2.75) is 30.7 Å². The highest BCUT2D eigenvalue weighted by atomic mass is 32.2. The maximum atomic E-state index is 5.61. The molecule has 1 saturated carbocycles. The lowest BCUT2D eigenvalue weighted by molar-refractivity contribution is 0.285. The maximum Gasteiger partial charge on any atom is 0.227 e.